The van der Waals surface area contributed by atoms with Gasteiger partial charge in [0.15, 0.2) is 0 Å². The zero-order valence-electron chi connectivity index (χ0n) is 15.2. The van der Waals surface area contributed by atoms with Gasteiger partial charge in [0.05, 0.1) is 11.2 Å². The van der Waals surface area contributed by atoms with E-state index in [1.165, 1.54) is 11.0 Å². The number of nitrogens with zero attached hydrogens (tertiary/aromatic N) is 2. The third-order valence-electron chi connectivity index (χ3n) is 4.40. The van der Waals surface area contributed by atoms with Gasteiger partial charge in [0, 0.05) is 22.6 Å². The molecule has 6 heteroatoms. The van der Waals surface area contributed by atoms with Gasteiger partial charge in [0.25, 0.3) is 0 Å². The number of carbonyl (C=O) groups excluding carboxylic acids is 2. The zero-order valence-corrected chi connectivity index (χ0v) is 16.8. The molecule has 2 heterocycles. The number of hydrogen-bond acceptors (Lipinski definition) is 3. The molecule has 0 spiro atoms. The van der Waals surface area contributed by atoms with E-state index in [1.54, 1.807) is 6.20 Å². The number of para-hydroxylation sites is 1. The SMILES string of the molecule is Brc1ccccc1.C=CC(=O)N1CCC1C(=O)Nc1cccc2cccnc12. The van der Waals surface area contributed by atoms with E-state index in [1.807, 2.05) is 60.7 Å². The fourth-order valence-corrected chi connectivity index (χ4v) is 3.18. The van der Waals surface area contributed by atoms with Crippen LogP contribution in [0.25, 0.3) is 10.9 Å². The van der Waals surface area contributed by atoms with Crippen LogP contribution in [0.3, 0.4) is 0 Å². The molecule has 1 N–H and O–H groups in total. The van der Waals surface area contributed by atoms with Crippen LogP contribution in [-0.2, 0) is 9.59 Å². The maximum atomic E-state index is 12.3. The van der Waals surface area contributed by atoms with Gasteiger partial charge < -0.3 is 10.2 Å². The van der Waals surface area contributed by atoms with Crippen molar-refractivity contribution in [2.45, 2.75) is 12.5 Å². The van der Waals surface area contributed by atoms with Gasteiger partial charge in [-0.05, 0) is 36.8 Å². The van der Waals surface area contributed by atoms with Crippen LogP contribution in [0, 0.1) is 0 Å². The molecule has 2 aromatic carbocycles. The first kappa shape index (κ1) is 19.8. The fraction of sp³-hybridized carbons (Fsp3) is 0.136. The number of likely N-dealkylation sites (tertiary alicyclic amines) is 1. The lowest BCUT2D eigenvalue weighted by Crippen LogP contribution is -2.56. The predicted octanol–water partition coefficient (Wildman–Crippen LogP) is 4.41. The number of halogens is 1. The van der Waals surface area contributed by atoms with E-state index >= 15 is 0 Å². The quantitative estimate of drug-likeness (QED) is 0.617. The normalized spacial score (nSPS) is 15.0. The zero-order chi connectivity index (χ0) is 19.9. The molecule has 0 radical (unpaired) electrons. The van der Waals surface area contributed by atoms with Gasteiger partial charge in [-0.15, -0.1) is 0 Å². The third-order valence-corrected chi connectivity index (χ3v) is 4.93. The number of amides is 2. The average molecular weight is 438 g/mol. The van der Waals surface area contributed by atoms with Crippen LogP contribution in [-0.4, -0.2) is 34.3 Å². The van der Waals surface area contributed by atoms with Gasteiger partial charge in [-0.3, -0.25) is 14.6 Å². The lowest BCUT2D eigenvalue weighted by molar-refractivity contribution is -0.141. The van der Waals surface area contributed by atoms with Gasteiger partial charge in [-0.2, -0.15) is 0 Å². The van der Waals surface area contributed by atoms with E-state index in [9.17, 15) is 9.59 Å². The molecule has 1 aromatic heterocycles. The largest absolute Gasteiger partial charge is 0.327 e. The molecular weight excluding hydrogens is 418 g/mol. The van der Waals surface area contributed by atoms with Crippen LogP contribution in [0.2, 0.25) is 0 Å². The number of anilines is 1. The average Bonchev–Trinajstić information content (AvgIpc) is 2.68. The first-order chi connectivity index (χ1) is 13.6. The van der Waals surface area contributed by atoms with E-state index in [4.69, 9.17) is 0 Å². The Bertz CT molecular complexity index is 986. The second-order valence-corrected chi connectivity index (χ2v) is 7.12. The van der Waals surface area contributed by atoms with Gasteiger partial charge in [0.2, 0.25) is 11.8 Å². The second kappa shape index (κ2) is 9.28. The van der Waals surface area contributed by atoms with Crippen molar-refractivity contribution in [2.24, 2.45) is 0 Å². The number of hydrogen-bond donors (Lipinski definition) is 1. The summed E-state index contributed by atoms with van der Waals surface area (Å²) in [6.45, 7) is 4.04. The summed E-state index contributed by atoms with van der Waals surface area (Å²) in [5, 5.41) is 3.83. The van der Waals surface area contributed by atoms with Crippen LogP contribution in [0.4, 0.5) is 5.69 Å². The second-order valence-electron chi connectivity index (χ2n) is 6.21. The molecule has 2 amide bonds. The molecule has 4 rings (SSSR count). The van der Waals surface area contributed by atoms with Crippen LogP contribution < -0.4 is 5.32 Å². The summed E-state index contributed by atoms with van der Waals surface area (Å²) in [7, 11) is 0. The van der Waals surface area contributed by atoms with Crippen molar-refractivity contribution in [2.75, 3.05) is 11.9 Å². The van der Waals surface area contributed by atoms with Crippen LogP contribution >= 0.6 is 15.9 Å². The molecule has 1 unspecified atom stereocenters. The summed E-state index contributed by atoms with van der Waals surface area (Å²) in [6, 6.07) is 19.0. The standard InChI is InChI=1S/C16H15N3O2.C6H5Br/c1-2-14(20)19-10-8-13(19)16(21)18-12-7-3-5-11-6-4-9-17-15(11)12;7-6-4-2-1-3-5-6/h2-7,9,13H,1,8,10H2,(H,18,21);1-5H. The molecule has 3 aromatic rings. The van der Waals surface area contributed by atoms with Crippen molar-refractivity contribution in [3.8, 4) is 0 Å². The van der Waals surface area contributed by atoms with Crippen molar-refractivity contribution in [1.82, 2.24) is 9.88 Å². The van der Waals surface area contributed by atoms with Crippen molar-refractivity contribution >= 4 is 44.3 Å². The minimum Gasteiger partial charge on any atom is -0.327 e. The van der Waals surface area contributed by atoms with Gasteiger partial charge in [-0.1, -0.05) is 58.9 Å². The summed E-state index contributed by atoms with van der Waals surface area (Å²) in [5.74, 6) is -0.396. The first-order valence-corrected chi connectivity index (χ1v) is 9.67. The van der Waals surface area contributed by atoms with Crippen molar-refractivity contribution in [3.63, 3.8) is 0 Å². The maximum Gasteiger partial charge on any atom is 0.247 e. The fourth-order valence-electron chi connectivity index (χ4n) is 2.88. The summed E-state index contributed by atoms with van der Waals surface area (Å²) >= 11 is 3.31. The highest BCUT2D eigenvalue weighted by Gasteiger charge is 2.36. The molecule has 142 valence electrons. The lowest BCUT2D eigenvalue weighted by Gasteiger charge is -2.39. The highest BCUT2D eigenvalue weighted by atomic mass is 79.9. The van der Waals surface area contributed by atoms with Crippen molar-refractivity contribution in [3.05, 3.63) is 84.0 Å². The molecule has 1 aliphatic heterocycles. The molecule has 0 aliphatic carbocycles. The van der Waals surface area contributed by atoms with E-state index in [0.717, 1.165) is 15.4 Å². The maximum absolute atomic E-state index is 12.3. The number of aromatic nitrogens is 1. The number of rotatable bonds is 3. The third kappa shape index (κ3) is 4.64. The molecule has 1 saturated heterocycles. The molecule has 1 fully saturated rings. The summed E-state index contributed by atoms with van der Waals surface area (Å²) < 4.78 is 1.13. The van der Waals surface area contributed by atoms with Gasteiger partial charge in [-0.25, -0.2) is 0 Å². The molecule has 1 aliphatic rings. The van der Waals surface area contributed by atoms with Crippen molar-refractivity contribution < 1.29 is 9.59 Å². The topological polar surface area (TPSA) is 62.3 Å². The summed E-state index contributed by atoms with van der Waals surface area (Å²) in [4.78, 5) is 29.7. The Balaban J connectivity index is 0.000000271. The molecule has 28 heavy (non-hydrogen) atoms. The number of fused-ring (bicyclic) bond motifs is 1. The van der Waals surface area contributed by atoms with E-state index in [2.05, 4.69) is 32.8 Å². The Morgan fingerprint density at radius 2 is 1.86 bits per heavy atom. The van der Waals surface area contributed by atoms with Crippen LogP contribution in [0.1, 0.15) is 6.42 Å². The minimum absolute atomic E-state index is 0.186. The Hall–Kier alpha value is -2.99. The monoisotopic (exact) mass is 437 g/mol. The first-order valence-electron chi connectivity index (χ1n) is 8.88. The summed E-state index contributed by atoms with van der Waals surface area (Å²) in [5.41, 5.74) is 1.41. The Morgan fingerprint density at radius 1 is 1.11 bits per heavy atom. The lowest BCUT2D eigenvalue weighted by atomic mass is 10.0. The molecule has 1 atom stereocenters. The van der Waals surface area contributed by atoms with Crippen molar-refractivity contribution in [1.29, 1.82) is 0 Å². The Morgan fingerprint density at radius 3 is 2.46 bits per heavy atom. The molecule has 5 nitrogen and oxygen atoms in total. The predicted molar refractivity (Wildman–Crippen MR) is 115 cm³/mol. The molecule has 0 saturated carbocycles. The van der Waals surface area contributed by atoms with Gasteiger partial charge in [0.1, 0.15) is 6.04 Å². The van der Waals surface area contributed by atoms with E-state index in [0.29, 0.717) is 18.7 Å². The smallest absolute Gasteiger partial charge is 0.247 e. The Labute approximate surface area is 172 Å². The van der Waals surface area contributed by atoms with Crippen LogP contribution in [0.15, 0.2) is 84.0 Å². The number of benzene rings is 2. The summed E-state index contributed by atoms with van der Waals surface area (Å²) in [6.07, 6.45) is 3.59. The minimum atomic E-state index is -0.422. The highest BCUT2D eigenvalue weighted by molar-refractivity contribution is 9.10. The Kier molecular flexibility index (Phi) is 6.55. The van der Waals surface area contributed by atoms with E-state index < -0.39 is 6.04 Å². The number of pyridine rings is 1. The van der Waals surface area contributed by atoms with Crippen LogP contribution in [0.5, 0.6) is 0 Å². The number of nitrogens with one attached hydrogen (secondary N) is 1. The van der Waals surface area contributed by atoms with Gasteiger partial charge >= 0.3 is 0 Å². The molecule has 0 bridgehead atoms. The molecular formula is C22H20BrN3O2. The highest BCUT2D eigenvalue weighted by Crippen LogP contribution is 2.24. The number of carbonyl (C=O) groups is 2. The van der Waals surface area contributed by atoms with E-state index in [-0.39, 0.29) is 11.8 Å².